The summed E-state index contributed by atoms with van der Waals surface area (Å²) in [7, 11) is 0. The van der Waals surface area contributed by atoms with Crippen LogP contribution in [-0.2, 0) is 14.3 Å². The molecular weight excluding hydrogens is 298 g/mol. The van der Waals surface area contributed by atoms with E-state index in [9.17, 15) is 14.4 Å². The quantitative estimate of drug-likeness (QED) is 0.714. The summed E-state index contributed by atoms with van der Waals surface area (Å²) in [5, 5.41) is 0. The smallest absolute Gasteiger partial charge is 0.327 e. The van der Waals surface area contributed by atoms with E-state index >= 15 is 0 Å². The van der Waals surface area contributed by atoms with E-state index in [0.717, 1.165) is 19.3 Å². The van der Waals surface area contributed by atoms with Gasteiger partial charge < -0.3 is 14.5 Å². The third-order valence-electron chi connectivity index (χ3n) is 5.46. The van der Waals surface area contributed by atoms with Crippen LogP contribution in [0.15, 0.2) is 0 Å². The van der Waals surface area contributed by atoms with Crippen LogP contribution in [0.1, 0.15) is 33.1 Å². The lowest BCUT2D eigenvalue weighted by Gasteiger charge is -2.39. The number of ether oxygens (including phenoxy) is 1. The highest BCUT2D eigenvalue weighted by molar-refractivity contribution is 6.04. The topological polar surface area (TPSA) is 70.2 Å². The number of likely N-dealkylation sites (tertiary alicyclic amines) is 1. The number of imide groups is 1. The maximum absolute atomic E-state index is 12.3. The lowest BCUT2D eigenvalue weighted by Crippen LogP contribution is -2.46. The number of carbonyl (C=O) groups excluding carboxylic acids is 3. The van der Waals surface area contributed by atoms with Gasteiger partial charge in [0, 0.05) is 32.8 Å². The molecule has 7 nitrogen and oxygen atoms in total. The molecule has 4 amide bonds. The highest BCUT2D eigenvalue weighted by atomic mass is 16.5. The SMILES string of the molecule is CCOCC(=O)N1CCC2(CC1)CC1C(=O)N(CC)C(=O)N1C2. The first kappa shape index (κ1) is 16.2. The molecule has 3 fully saturated rings. The zero-order valence-corrected chi connectivity index (χ0v) is 13.9. The number of hydrogen-bond acceptors (Lipinski definition) is 4. The zero-order valence-electron chi connectivity index (χ0n) is 13.9. The van der Waals surface area contributed by atoms with Gasteiger partial charge in [-0.15, -0.1) is 0 Å². The van der Waals surface area contributed by atoms with Crippen molar-refractivity contribution in [3.63, 3.8) is 0 Å². The molecule has 3 heterocycles. The van der Waals surface area contributed by atoms with Gasteiger partial charge in [0.1, 0.15) is 12.6 Å². The molecule has 0 bridgehead atoms. The highest BCUT2D eigenvalue weighted by Gasteiger charge is 2.56. The van der Waals surface area contributed by atoms with Gasteiger partial charge in [0.25, 0.3) is 5.91 Å². The van der Waals surface area contributed by atoms with Crippen LogP contribution in [0.4, 0.5) is 4.79 Å². The Morgan fingerprint density at radius 2 is 1.96 bits per heavy atom. The number of hydrogen-bond donors (Lipinski definition) is 0. The number of likely N-dealkylation sites (N-methyl/N-ethyl adjacent to an activating group) is 1. The van der Waals surface area contributed by atoms with Gasteiger partial charge in [0.2, 0.25) is 5.91 Å². The van der Waals surface area contributed by atoms with Crippen LogP contribution in [0.5, 0.6) is 0 Å². The van der Waals surface area contributed by atoms with Crippen LogP contribution >= 0.6 is 0 Å². The van der Waals surface area contributed by atoms with Crippen molar-refractivity contribution >= 4 is 17.8 Å². The second-order valence-electron chi connectivity index (χ2n) is 6.73. The molecule has 1 unspecified atom stereocenters. The molecule has 0 aromatic rings. The molecule has 0 radical (unpaired) electrons. The zero-order chi connectivity index (χ0) is 16.6. The molecule has 1 atom stereocenters. The predicted octanol–water partition coefficient (Wildman–Crippen LogP) is 0.688. The molecule has 3 saturated heterocycles. The summed E-state index contributed by atoms with van der Waals surface area (Å²) >= 11 is 0. The second kappa shape index (κ2) is 6.11. The van der Waals surface area contributed by atoms with Gasteiger partial charge in [-0.25, -0.2) is 4.79 Å². The first-order valence-electron chi connectivity index (χ1n) is 8.49. The summed E-state index contributed by atoms with van der Waals surface area (Å²) in [5.41, 5.74) is -0.00177. The Hall–Kier alpha value is -1.63. The first-order chi connectivity index (χ1) is 11.0. The summed E-state index contributed by atoms with van der Waals surface area (Å²) < 4.78 is 5.18. The third-order valence-corrected chi connectivity index (χ3v) is 5.46. The Morgan fingerprint density at radius 3 is 2.52 bits per heavy atom. The van der Waals surface area contributed by atoms with Crippen molar-refractivity contribution in [3.05, 3.63) is 0 Å². The number of fused-ring (bicyclic) bond motifs is 1. The number of rotatable bonds is 4. The van der Waals surface area contributed by atoms with Gasteiger partial charge in [-0.1, -0.05) is 0 Å². The van der Waals surface area contributed by atoms with Gasteiger partial charge in [-0.05, 0) is 38.5 Å². The molecule has 0 aromatic heterocycles. The number of nitrogens with zero attached hydrogens (tertiary/aromatic N) is 3. The average molecular weight is 323 g/mol. The Bertz CT molecular complexity index is 487. The largest absolute Gasteiger partial charge is 0.372 e. The van der Waals surface area contributed by atoms with E-state index in [2.05, 4.69) is 0 Å². The van der Waals surface area contributed by atoms with Gasteiger partial charge >= 0.3 is 6.03 Å². The molecule has 1 spiro atoms. The van der Waals surface area contributed by atoms with Crippen molar-refractivity contribution in [1.29, 1.82) is 0 Å². The van der Waals surface area contributed by atoms with E-state index in [0.29, 0.717) is 32.8 Å². The molecule has 128 valence electrons. The fourth-order valence-electron chi connectivity index (χ4n) is 4.07. The number of carbonyl (C=O) groups is 3. The van der Waals surface area contributed by atoms with Crippen molar-refractivity contribution in [2.45, 2.75) is 39.2 Å². The summed E-state index contributed by atoms with van der Waals surface area (Å²) in [6.45, 7) is 6.84. The number of piperidine rings is 1. The fraction of sp³-hybridized carbons (Fsp3) is 0.812. The summed E-state index contributed by atoms with van der Waals surface area (Å²) in [6.07, 6.45) is 2.44. The molecular formula is C16H25N3O4. The van der Waals surface area contributed by atoms with Gasteiger partial charge in [-0.2, -0.15) is 0 Å². The minimum absolute atomic E-state index is 0.00177. The van der Waals surface area contributed by atoms with Crippen molar-refractivity contribution in [3.8, 4) is 0 Å². The van der Waals surface area contributed by atoms with Crippen LogP contribution in [0.3, 0.4) is 0 Å². The molecule has 0 aliphatic carbocycles. The van der Waals surface area contributed by atoms with Crippen molar-refractivity contribution in [1.82, 2.24) is 14.7 Å². The standard InChI is InChI=1S/C16H25N3O4/c1-3-18-14(21)12-9-16(11-19(12)15(18)22)5-7-17(8-6-16)13(20)10-23-4-2/h12H,3-11H2,1-2H3. The average Bonchev–Trinajstić information content (AvgIpc) is 3.02. The molecule has 3 aliphatic rings. The predicted molar refractivity (Wildman–Crippen MR) is 82.6 cm³/mol. The number of amides is 4. The van der Waals surface area contributed by atoms with Crippen molar-refractivity contribution in [2.75, 3.05) is 39.4 Å². The summed E-state index contributed by atoms with van der Waals surface area (Å²) in [6, 6.07) is -0.428. The minimum Gasteiger partial charge on any atom is -0.372 e. The second-order valence-corrected chi connectivity index (χ2v) is 6.73. The lowest BCUT2D eigenvalue weighted by atomic mass is 9.76. The van der Waals surface area contributed by atoms with Crippen molar-refractivity contribution < 1.29 is 19.1 Å². The van der Waals surface area contributed by atoms with Crippen LogP contribution in [-0.4, -0.2) is 78.0 Å². The number of urea groups is 1. The first-order valence-corrected chi connectivity index (χ1v) is 8.49. The lowest BCUT2D eigenvalue weighted by molar-refractivity contribution is -0.138. The Morgan fingerprint density at radius 1 is 1.26 bits per heavy atom. The molecule has 23 heavy (non-hydrogen) atoms. The van der Waals surface area contributed by atoms with Gasteiger partial charge in [-0.3, -0.25) is 14.5 Å². The van der Waals surface area contributed by atoms with Crippen LogP contribution in [0.25, 0.3) is 0 Å². The monoisotopic (exact) mass is 323 g/mol. The van der Waals surface area contributed by atoms with E-state index in [1.807, 2.05) is 18.7 Å². The third kappa shape index (κ3) is 2.71. The van der Waals surface area contributed by atoms with E-state index in [-0.39, 0.29) is 35.9 Å². The fourth-order valence-corrected chi connectivity index (χ4v) is 4.07. The van der Waals surface area contributed by atoms with Crippen LogP contribution in [0, 0.1) is 5.41 Å². The maximum Gasteiger partial charge on any atom is 0.327 e. The van der Waals surface area contributed by atoms with E-state index < -0.39 is 0 Å². The van der Waals surface area contributed by atoms with Gasteiger partial charge in [0.05, 0.1) is 0 Å². The minimum atomic E-state index is -0.284. The molecule has 0 aromatic carbocycles. The van der Waals surface area contributed by atoms with Crippen LogP contribution < -0.4 is 0 Å². The molecule has 0 N–H and O–H groups in total. The molecule has 7 heteroatoms. The van der Waals surface area contributed by atoms with E-state index in [4.69, 9.17) is 4.74 Å². The normalized spacial score (nSPS) is 26.3. The Labute approximate surface area is 136 Å². The molecule has 3 rings (SSSR count). The maximum atomic E-state index is 12.3. The Kier molecular flexibility index (Phi) is 4.31. The summed E-state index contributed by atoms with van der Waals surface area (Å²) in [4.78, 5) is 41.6. The highest BCUT2D eigenvalue weighted by Crippen LogP contribution is 2.46. The molecule has 3 aliphatic heterocycles. The van der Waals surface area contributed by atoms with Crippen LogP contribution in [0.2, 0.25) is 0 Å². The van der Waals surface area contributed by atoms with E-state index in [1.165, 1.54) is 4.90 Å². The molecule has 0 saturated carbocycles. The van der Waals surface area contributed by atoms with Crippen molar-refractivity contribution in [2.24, 2.45) is 5.41 Å². The Balaban J connectivity index is 1.60. The summed E-state index contributed by atoms with van der Waals surface area (Å²) in [5.74, 6) is -0.0197. The van der Waals surface area contributed by atoms with E-state index in [1.54, 1.807) is 4.90 Å². The van der Waals surface area contributed by atoms with Gasteiger partial charge in [0.15, 0.2) is 0 Å².